The van der Waals surface area contributed by atoms with E-state index in [2.05, 4.69) is 22.3 Å². The van der Waals surface area contributed by atoms with E-state index < -0.39 is 0 Å². The summed E-state index contributed by atoms with van der Waals surface area (Å²) in [6.45, 7) is 0.902. The monoisotopic (exact) mass is 306 g/mol. The van der Waals surface area contributed by atoms with Gasteiger partial charge in [-0.25, -0.2) is 0 Å². The zero-order valence-electron chi connectivity index (χ0n) is 12.4. The molecular formula is C16H19ClN2O2. The van der Waals surface area contributed by atoms with Crippen molar-refractivity contribution >= 4 is 23.0 Å². The van der Waals surface area contributed by atoms with E-state index in [0.29, 0.717) is 5.75 Å². The van der Waals surface area contributed by atoms with E-state index in [4.69, 9.17) is 16.3 Å². The first-order valence-corrected chi connectivity index (χ1v) is 6.94. The van der Waals surface area contributed by atoms with E-state index in [1.807, 2.05) is 26.2 Å². The summed E-state index contributed by atoms with van der Waals surface area (Å²) in [5.41, 5.74) is 2.95. The number of rotatable bonds is 5. The SMILES string of the molecule is COc1cc(Nc2ccc(CN(C)C)cc2)cc(Cl)c1O. The predicted molar refractivity (Wildman–Crippen MR) is 86.8 cm³/mol. The fraction of sp³-hybridized carbons (Fsp3) is 0.250. The Balaban J connectivity index is 2.16. The van der Waals surface area contributed by atoms with E-state index in [1.165, 1.54) is 12.7 Å². The van der Waals surface area contributed by atoms with Crippen LogP contribution in [0.4, 0.5) is 11.4 Å². The fourth-order valence-electron chi connectivity index (χ4n) is 2.03. The molecule has 0 unspecified atom stereocenters. The highest BCUT2D eigenvalue weighted by molar-refractivity contribution is 6.32. The minimum atomic E-state index is -0.0500. The molecule has 0 aromatic heterocycles. The minimum Gasteiger partial charge on any atom is -0.503 e. The van der Waals surface area contributed by atoms with Crippen LogP contribution >= 0.6 is 11.6 Å². The molecule has 0 radical (unpaired) electrons. The third-order valence-electron chi connectivity index (χ3n) is 2.99. The topological polar surface area (TPSA) is 44.7 Å². The predicted octanol–water partition coefficient (Wildman–Crippen LogP) is 3.86. The van der Waals surface area contributed by atoms with Crippen molar-refractivity contribution in [3.63, 3.8) is 0 Å². The van der Waals surface area contributed by atoms with Crippen LogP contribution in [0.15, 0.2) is 36.4 Å². The normalized spacial score (nSPS) is 10.7. The van der Waals surface area contributed by atoms with Crippen LogP contribution in [0.1, 0.15) is 5.56 Å². The first-order chi connectivity index (χ1) is 9.99. The van der Waals surface area contributed by atoms with Gasteiger partial charge in [-0.3, -0.25) is 0 Å². The lowest BCUT2D eigenvalue weighted by molar-refractivity contribution is 0.374. The van der Waals surface area contributed by atoms with E-state index in [0.717, 1.165) is 17.9 Å². The molecule has 2 N–H and O–H groups in total. The summed E-state index contributed by atoms with van der Waals surface area (Å²) >= 11 is 5.97. The van der Waals surface area contributed by atoms with Gasteiger partial charge in [-0.1, -0.05) is 23.7 Å². The molecule has 0 fully saturated rings. The smallest absolute Gasteiger partial charge is 0.176 e. The van der Waals surface area contributed by atoms with Crippen molar-refractivity contribution in [3.05, 3.63) is 47.0 Å². The lowest BCUT2D eigenvalue weighted by Crippen LogP contribution is -2.10. The number of methoxy groups -OCH3 is 1. The lowest BCUT2D eigenvalue weighted by atomic mass is 10.2. The minimum absolute atomic E-state index is 0.0500. The van der Waals surface area contributed by atoms with Crippen molar-refractivity contribution in [2.75, 3.05) is 26.5 Å². The average Bonchev–Trinajstić information content (AvgIpc) is 2.44. The van der Waals surface area contributed by atoms with Gasteiger partial charge in [0, 0.05) is 24.0 Å². The summed E-state index contributed by atoms with van der Waals surface area (Å²) in [4.78, 5) is 2.12. The number of aromatic hydroxyl groups is 1. The highest BCUT2D eigenvalue weighted by atomic mass is 35.5. The molecule has 0 amide bonds. The zero-order chi connectivity index (χ0) is 15.4. The molecule has 2 rings (SSSR count). The maximum Gasteiger partial charge on any atom is 0.176 e. The van der Waals surface area contributed by atoms with Crippen LogP contribution in [0.3, 0.4) is 0 Å². The first kappa shape index (κ1) is 15.5. The molecule has 0 saturated heterocycles. The second kappa shape index (κ2) is 6.70. The average molecular weight is 307 g/mol. The molecule has 0 spiro atoms. The second-order valence-electron chi connectivity index (χ2n) is 5.07. The Bertz CT molecular complexity index is 612. The molecule has 0 aliphatic heterocycles. The van der Waals surface area contributed by atoms with Crippen LogP contribution in [-0.4, -0.2) is 31.2 Å². The van der Waals surface area contributed by atoms with Crippen LogP contribution in [0, 0.1) is 0 Å². The van der Waals surface area contributed by atoms with Crippen LogP contribution < -0.4 is 10.1 Å². The summed E-state index contributed by atoms with van der Waals surface area (Å²) in [5, 5.41) is 13.2. The quantitative estimate of drug-likeness (QED) is 0.823. The molecule has 2 aromatic carbocycles. The van der Waals surface area contributed by atoms with Crippen molar-refractivity contribution in [1.82, 2.24) is 4.90 Å². The number of phenols is 1. The number of phenolic OH excluding ortho intramolecular Hbond substituents is 1. The molecule has 0 heterocycles. The number of anilines is 2. The summed E-state index contributed by atoms with van der Waals surface area (Å²) in [5.74, 6) is 0.292. The van der Waals surface area contributed by atoms with E-state index >= 15 is 0 Å². The summed E-state index contributed by atoms with van der Waals surface area (Å²) in [7, 11) is 5.57. The van der Waals surface area contributed by atoms with Crippen LogP contribution in [-0.2, 0) is 6.54 Å². The first-order valence-electron chi connectivity index (χ1n) is 6.57. The van der Waals surface area contributed by atoms with Crippen molar-refractivity contribution in [1.29, 1.82) is 0 Å². The van der Waals surface area contributed by atoms with Crippen molar-refractivity contribution in [3.8, 4) is 11.5 Å². The van der Waals surface area contributed by atoms with Crippen molar-refractivity contribution < 1.29 is 9.84 Å². The van der Waals surface area contributed by atoms with Gasteiger partial charge in [-0.05, 0) is 37.9 Å². The van der Waals surface area contributed by atoms with Gasteiger partial charge in [0.2, 0.25) is 0 Å². The van der Waals surface area contributed by atoms with E-state index in [-0.39, 0.29) is 10.8 Å². The highest BCUT2D eigenvalue weighted by Gasteiger charge is 2.09. The number of nitrogens with one attached hydrogen (secondary N) is 1. The van der Waals surface area contributed by atoms with E-state index in [9.17, 15) is 5.11 Å². The Kier molecular flexibility index (Phi) is 4.94. The van der Waals surface area contributed by atoms with E-state index in [1.54, 1.807) is 12.1 Å². The highest BCUT2D eigenvalue weighted by Crippen LogP contribution is 2.37. The Morgan fingerprint density at radius 2 is 1.81 bits per heavy atom. The molecule has 5 heteroatoms. The molecule has 0 aliphatic rings. The van der Waals surface area contributed by atoms with Crippen molar-refractivity contribution in [2.45, 2.75) is 6.54 Å². The number of benzene rings is 2. The maximum atomic E-state index is 9.72. The summed E-state index contributed by atoms with van der Waals surface area (Å²) in [6, 6.07) is 11.5. The van der Waals surface area contributed by atoms with Gasteiger partial charge >= 0.3 is 0 Å². The van der Waals surface area contributed by atoms with Gasteiger partial charge in [0.25, 0.3) is 0 Å². The number of hydrogen-bond donors (Lipinski definition) is 2. The molecule has 0 bridgehead atoms. The standard InChI is InChI=1S/C16H19ClN2O2/c1-19(2)10-11-4-6-12(7-5-11)18-13-8-14(17)16(20)15(9-13)21-3/h4-9,18,20H,10H2,1-3H3. The molecule has 0 aliphatic carbocycles. The molecule has 2 aromatic rings. The molecular weight excluding hydrogens is 288 g/mol. The Morgan fingerprint density at radius 3 is 2.38 bits per heavy atom. The number of halogens is 1. The molecule has 0 saturated carbocycles. The van der Waals surface area contributed by atoms with Crippen LogP contribution in [0.5, 0.6) is 11.5 Å². The third kappa shape index (κ3) is 4.03. The number of ether oxygens (including phenoxy) is 1. The largest absolute Gasteiger partial charge is 0.503 e. The second-order valence-corrected chi connectivity index (χ2v) is 5.48. The van der Waals surface area contributed by atoms with Gasteiger partial charge in [-0.15, -0.1) is 0 Å². The van der Waals surface area contributed by atoms with Gasteiger partial charge in [-0.2, -0.15) is 0 Å². The van der Waals surface area contributed by atoms with Gasteiger partial charge in [0.15, 0.2) is 11.5 Å². The molecule has 4 nitrogen and oxygen atoms in total. The van der Waals surface area contributed by atoms with Crippen LogP contribution in [0.2, 0.25) is 5.02 Å². The fourth-order valence-corrected chi connectivity index (χ4v) is 2.24. The van der Waals surface area contributed by atoms with Gasteiger partial charge < -0.3 is 20.1 Å². The Morgan fingerprint density at radius 1 is 1.14 bits per heavy atom. The van der Waals surface area contributed by atoms with Gasteiger partial charge in [0.05, 0.1) is 12.1 Å². The maximum absolute atomic E-state index is 9.72. The third-order valence-corrected chi connectivity index (χ3v) is 3.28. The Hall–Kier alpha value is -1.91. The van der Waals surface area contributed by atoms with Crippen molar-refractivity contribution in [2.24, 2.45) is 0 Å². The number of nitrogens with zero attached hydrogens (tertiary/aromatic N) is 1. The zero-order valence-corrected chi connectivity index (χ0v) is 13.1. The molecule has 21 heavy (non-hydrogen) atoms. The Labute approximate surface area is 129 Å². The number of hydrogen-bond acceptors (Lipinski definition) is 4. The molecule has 0 atom stereocenters. The summed E-state index contributed by atoms with van der Waals surface area (Å²) < 4.78 is 5.09. The van der Waals surface area contributed by atoms with Gasteiger partial charge in [0.1, 0.15) is 0 Å². The van der Waals surface area contributed by atoms with Crippen LogP contribution in [0.25, 0.3) is 0 Å². The molecule has 112 valence electrons. The lowest BCUT2D eigenvalue weighted by Gasteiger charge is -2.12. The summed E-state index contributed by atoms with van der Waals surface area (Å²) in [6.07, 6.45) is 0.